The SMILES string of the molecule is Cc1cc[c]([Sb]([Br])([Br])([c]2ccc(C)cc2)[c]2ccc(C)cc2)cc1. The molecule has 3 aromatic carbocycles. The van der Waals surface area contributed by atoms with Gasteiger partial charge in [-0.1, -0.05) is 0 Å². The van der Waals surface area contributed by atoms with Gasteiger partial charge in [0.05, 0.1) is 0 Å². The molecule has 0 heterocycles. The van der Waals surface area contributed by atoms with E-state index in [1.165, 1.54) is 27.2 Å². The molecule has 24 heavy (non-hydrogen) atoms. The Bertz CT molecular complexity index is 730. The van der Waals surface area contributed by atoms with Crippen molar-refractivity contribution in [2.75, 3.05) is 0 Å². The average molecular weight is 555 g/mol. The Morgan fingerprint density at radius 1 is 0.458 bits per heavy atom. The van der Waals surface area contributed by atoms with E-state index in [9.17, 15) is 0 Å². The van der Waals surface area contributed by atoms with Crippen LogP contribution in [-0.2, 0) is 0 Å². The summed E-state index contributed by atoms with van der Waals surface area (Å²) in [5.41, 5.74) is 3.84. The minimum atomic E-state index is -3.82. The fourth-order valence-electron chi connectivity index (χ4n) is 2.87. The third-order valence-electron chi connectivity index (χ3n) is 4.46. The molecule has 0 N–H and O–H groups in total. The van der Waals surface area contributed by atoms with Gasteiger partial charge in [-0.25, -0.2) is 0 Å². The molecule has 0 nitrogen and oxygen atoms in total. The van der Waals surface area contributed by atoms with Gasteiger partial charge < -0.3 is 0 Å². The van der Waals surface area contributed by atoms with Crippen molar-refractivity contribution in [2.24, 2.45) is 0 Å². The van der Waals surface area contributed by atoms with Crippen molar-refractivity contribution in [3.63, 3.8) is 0 Å². The van der Waals surface area contributed by atoms with Crippen molar-refractivity contribution in [1.82, 2.24) is 0 Å². The van der Waals surface area contributed by atoms with Gasteiger partial charge in [-0.15, -0.1) is 0 Å². The fraction of sp³-hybridized carbons (Fsp3) is 0.143. The second-order valence-corrected chi connectivity index (χ2v) is 41.4. The molecule has 3 rings (SSSR count). The van der Waals surface area contributed by atoms with Crippen LogP contribution in [0.1, 0.15) is 16.7 Å². The molecule has 0 unspecified atom stereocenters. The van der Waals surface area contributed by atoms with Gasteiger partial charge in [-0.3, -0.25) is 0 Å². The van der Waals surface area contributed by atoms with Crippen LogP contribution in [0.2, 0.25) is 0 Å². The molecule has 0 bridgehead atoms. The van der Waals surface area contributed by atoms with Crippen LogP contribution < -0.4 is 10.5 Å². The molecule has 0 aromatic heterocycles. The van der Waals surface area contributed by atoms with Crippen LogP contribution in [0, 0.1) is 20.8 Å². The van der Waals surface area contributed by atoms with Crippen LogP contribution in [0.25, 0.3) is 0 Å². The summed E-state index contributed by atoms with van der Waals surface area (Å²) in [6.45, 7) is 6.40. The molecule has 124 valence electrons. The van der Waals surface area contributed by atoms with Crippen LogP contribution in [0.5, 0.6) is 0 Å². The normalized spacial score (nSPS) is 13.3. The zero-order chi connectivity index (χ0) is 17.4. The van der Waals surface area contributed by atoms with Crippen LogP contribution in [0.3, 0.4) is 0 Å². The molecule has 3 heteroatoms. The van der Waals surface area contributed by atoms with E-state index in [1.807, 2.05) is 0 Å². The Balaban J connectivity index is 2.33. The summed E-state index contributed by atoms with van der Waals surface area (Å²) in [5.74, 6) is 0. The summed E-state index contributed by atoms with van der Waals surface area (Å²) >= 11 is 4.80. The van der Waals surface area contributed by atoms with Crippen LogP contribution in [-0.4, -0.2) is 12.9 Å². The summed E-state index contributed by atoms with van der Waals surface area (Å²) in [4.78, 5) is 0. The summed E-state index contributed by atoms with van der Waals surface area (Å²) in [7, 11) is 0. The predicted molar refractivity (Wildman–Crippen MR) is 116 cm³/mol. The van der Waals surface area contributed by atoms with Crippen LogP contribution in [0.4, 0.5) is 0 Å². The third-order valence-corrected chi connectivity index (χ3v) is 31.3. The average Bonchev–Trinajstić information content (AvgIpc) is 2.56. The molecule has 0 fully saturated rings. The van der Waals surface area contributed by atoms with E-state index in [0.29, 0.717) is 0 Å². The topological polar surface area (TPSA) is 0 Å². The molecule has 0 aliphatic heterocycles. The molecule has 0 spiro atoms. The van der Waals surface area contributed by atoms with Crippen molar-refractivity contribution in [3.8, 4) is 0 Å². The number of halogens is 2. The summed E-state index contributed by atoms with van der Waals surface area (Å²) in [5, 5.41) is 0. The van der Waals surface area contributed by atoms with Gasteiger partial charge in [0, 0.05) is 0 Å². The van der Waals surface area contributed by atoms with Gasteiger partial charge in [0.15, 0.2) is 0 Å². The van der Waals surface area contributed by atoms with E-state index >= 15 is 0 Å². The number of aryl methyl sites for hydroxylation is 3. The van der Waals surface area contributed by atoms with E-state index in [1.54, 1.807) is 0 Å². The van der Waals surface area contributed by atoms with E-state index in [2.05, 4.69) is 119 Å². The predicted octanol–water partition coefficient (Wildman–Crippen LogP) is 4.82. The molecule has 0 saturated heterocycles. The number of hydrogen-bond acceptors (Lipinski definition) is 0. The Labute approximate surface area is 157 Å². The third kappa shape index (κ3) is 3.14. The van der Waals surface area contributed by atoms with Gasteiger partial charge in [-0.05, 0) is 0 Å². The molecular weight excluding hydrogens is 534 g/mol. The standard InChI is InChI=1S/3C7H7.2BrH.Sb/c3*1-7-5-3-2-4-6-7;;;/h3*3-6H,1H3;2*1H;/q;;;;;+2/p-2. The minimum absolute atomic E-state index is 1.28. The van der Waals surface area contributed by atoms with Crippen molar-refractivity contribution in [2.45, 2.75) is 20.8 Å². The monoisotopic (exact) mass is 552 g/mol. The molecule has 3 aromatic rings. The van der Waals surface area contributed by atoms with E-state index in [0.717, 1.165) is 0 Å². The van der Waals surface area contributed by atoms with Gasteiger partial charge in [0.25, 0.3) is 0 Å². The van der Waals surface area contributed by atoms with Crippen molar-refractivity contribution < 1.29 is 0 Å². The Morgan fingerprint density at radius 2 is 0.667 bits per heavy atom. The Hall–Kier alpha value is -0.562. The zero-order valence-corrected chi connectivity index (χ0v) is 19.9. The molecular formula is C21H21Br2Sb. The molecule has 0 amide bonds. The van der Waals surface area contributed by atoms with Gasteiger partial charge >= 0.3 is 159 Å². The Kier molecular flexibility index (Phi) is 5.04. The first-order chi connectivity index (χ1) is 11.3. The van der Waals surface area contributed by atoms with E-state index in [-0.39, 0.29) is 0 Å². The van der Waals surface area contributed by atoms with Crippen LogP contribution >= 0.6 is 25.2 Å². The summed E-state index contributed by atoms with van der Waals surface area (Å²) in [6.07, 6.45) is 0. The van der Waals surface area contributed by atoms with Crippen molar-refractivity contribution in [1.29, 1.82) is 0 Å². The second kappa shape index (κ2) is 6.63. The number of benzene rings is 3. The molecule has 0 aliphatic rings. The van der Waals surface area contributed by atoms with Gasteiger partial charge in [0.2, 0.25) is 0 Å². The zero-order valence-electron chi connectivity index (χ0n) is 14.1. The first kappa shape index (κ1) is 18.2. The Morgan fingerprint density at radius 3 is 0.875 bits per heavy atom. The first-order valence-corrected chi connectivity index (χ1v) is 23.2. The number of hydrogen-bond donors (Lipinski definition) is 0. The second-order valence-electron chi connectivity index (χ2n) is 6.41. The summed E-state index contributed by atoms with van der Waals surface area (Å²) < 4.78 is 4.04. The van der Waals surface area contributed by atoms with Gasteiger partial charge in [0.1, 0.15) is 0 Å². The van der Waals surface area contributed by atoms with Crippen LogP contribution in [0.15, 0.2) is 72.8 Å². The van der Waals surface area contributed by atoms with Gasteiger partial charge in [-0.2, -0.15) is 0 Å². The molecule has 0 radical (unpaired) electrons. The summed E-state index contributed by atoms with van der Waals surface area (Å²) in [6, 6.07) is 26.8. The molecule has 0 aliphatic carbocycles. The van der Waals surface area contributed by atoms with E-state index < -0.39 is 12.9 Å². The molecule has 0 saturated carbocycles. The first-order valence-electron chi connectivity index (χ1n) is 7.97. The van der Waals surface area contributed by atoms with Crippen molar-refractivity contribution >= 4 is 48.6 Å². The quantitative estimate of drug-likeness (QED) is 0.407. The van der Waals surface area contributed by atoms with E-state index in [4.69, 9.17) is 0 Å². The molecule has 0 atom stereocenters. The maximum absolute atomic E-state index is 4.31. The maximum atomic E-state index is 4.31. The number of rotatable bonds is 3. The fourth-order valence-corrected chi connectivity index (χ4v) is 20.7. The van der Waals surface area contributed by atoms with Crippen molar-refractivity contribution in [3.05, 3.63) is 89.5 Å².